The fourth-order valence-corrected chi connectivity index (χ4v) is 2.36. The number of nitrogens with zero attached hydrogens (tertiary/aromatic N) is 2. The van der Waals surface area contributed by atoms with E-state index in [9.17, 15) is 4.79 Å². The zero-order chi connectivity index (χ0) is 16.2. The molecule has 1 aliphatic heterocycles. The molecule has 0 bridgehead atoms. The molecule has 0 atom stereocenters. The lowest BCUT2D eigenvalue weighted by atomic mass is 10.2. The molecule has 0 radical (unpaired) electrons. The molecule has 120 valence electrons. The van der Waals surface area contributed by atoms with Crippen molar-refractivity contribution in [3.63, 3.8) is 0 Å². The van der Waals surface area contributed by atoms with Crippen LogP contribution in [-0.2, 0) is 0 Å². The second-order valence-electron chi connectivity index (χ2n) is 5.10. The number of anilines is 1. The van der Waals surface area contributed by atoms with Gasteiger partial charge in [-0.3, -0.25) is 0 Å². The lowest BCUT2D eigenvalue weighted by molar-refractivity contribution is 0.0462. The van der Waals surface area contributed by atoms with Gasteiger partial charge < -0.3 is 19.7 Å². The highest BCUT2D eigenvalue weighted by atomic mass is 35.5. The summed E-state index contributed by atoms with van der Waals surface area (Å²) in [6.07, 6.45) is 1.52. The molecule has 1 N–H and O–H groups in total. The summed E-state index contributed by atoms with van der Waals surface area (Å²) in [7, 11) is 1.58. The average molecular weight is 334 g/mol. The number of aromatic nitrogens is 1. The first-order valence-electron chi connectivity index (χ1n) is 7.13. The number of halogens is 1. The van der Waals surface area contributed by atoms with E-state index in [0.717, 1.165) is 0 Å². The Kier molecular flexibility index (Phi) is 4.52. The molecule has 3 rings (SSSR count). The maximum atomic E-state index is 12.1. The molecule has 1 aliphatic rings. The predicted molar refractivity (Wildman–Crippen MR) is 87.2 cm³/mol. The van der Waals surface area contributed by atoms with E-state index in [-0.39, 0.29) is 12.1 Å². The predicted octanol–water partition coefficient (Wildman–Crippen LogP) is 3.04. The maximum Gasteiger partial charge on any atom is 0.322 e. The molecule has 1 saturated heterocycles. The fourth-order valence-electron chi connectivity index (χ4n) is 2.20. The molecule has 1 aromatic heterocycles. The summed E-state index contributed by atoms with van der Waals surface area (Å²) in [5, 5.41) is 3.29. The number of rotatable bonds is 4. The molecular formula is C16H16ClN3O3. The zero-order valence-corrected chi connectivity index (χ0v) is 13.3. The summed E-state index contributed by atoms with van der Waals surface area (Å²) in [4.78, 5) is 17.9. The van der Waals surface area contributed by atoms with Gasteiger partial charge in [-0.15, -0.1) is 0 Å². The molecule has 2 amide bonds. The molecule has 0 saturated carbocycles. The number of amides is 2. The van der Waals surface area contributed by atoms with Gasteiger partial charge >= 0.3 is 6.03 Å². The van der Waals surface area contributed by atoms with Crippen molar-refractivity contribution in [2.45, 2.75) is 6.10 Å². The second-order valence-corrected chi connectivity index (χ2v) is 5.50. The van der Waals surface area contributed by atoms with Crippen molar-refractivity contribution in [2.24, 2.45) is 0 Å². The molecule has 2 aromatic rings. The van der Waals surface area contributed by atoms with E-state index in [1.807, 2.05) is 18.2 Å². The number of benzene rings is 1. The van der Waals surface area contributed by atoms with Crippen molar-refractivity contribution < 1.29 is 14.3 Å². The first-order valence-corrected chi connectivity index (χ1v) is 7.50. The minimum Gasteiger partial charge on any atom is -0.497 e. The molecule has 1 fully saturated rings. The minimum atomic E-state index is -0.176. The van der Waals surface area contributed by atoms with E-state index in [1.54, 1.807) is 36.4 Å². The summed E-state index contributed by atoms with van der Waals surface area (Å²) >= 11 is 5.99. The number of pyridine rings is 1. The normalized spacial score (nSPS) is 14.1. The van der Waals surface area contributed by atoms with Crippen molar-refractivity contribution >= 4 is 23.3 Å². The van der Waals surface area contributed by atoms with Crippen LogP contribution in [-0.4, -0.2) is 42.2 Å². The number of hydrogen-bond acceptors (Lipinski definition) is 4. The third-order valence-corrected chi connectivity index (χ3v) is 3.75. The highest BCUT2D eigenvalue weighted by Gasteiger charge is 2.33. The highest BCUT2D eigenvalue weighted by Crippen LogP contribution is 2.24. The van der Waals surface area contributed by atoms with Crippen LogP contribution in [0.15, 0.2) is 42.6 Å². The van der Waals surface area contributed by atoms with Crippen molar-refractivity contribution in [1.82, 2.24) is 9.88 Å². The Morgan fingerprint density at radius 2 is 2.17 bits per heavy atom. The van der Waals surface area contributed by atoms with Crippen LogP contribution >= 0.6 is 11.6 Å². The number of hydrogen-bond donors (Lipinski definition) is 1. The Morgan fingerprint density at radius 1 is 1.35 bits per heavy atom. The summed E-state index contributed by atoms with van der Waals surface area (Å²) in [6, 6.07) is 10.5. The van der Waals surface area contributed by atoms with Gasteiger partial charge in [-0.25, -0.2) is 9.78 Å². The van der Waals surface area contributed by atoms with Crippen LogP contribution in [0.5, 0.6) is 11.6 Å². The van der Waals surface area contributed by atoms with Crippen LogP contribution in [0.2, 0.25) is 5.02 Å². The number of likely N-dealkylation sites (tertiary alicyclic amines) is 1. The molecule has 0 spiro atoms. The van der Waals surface area contributed by atoms with Gasteiger partial charge in [-0.05, 0) is 24.3 Å². The topological polar surface area (TPSA) is 63.7 Å². The number of ether oxygens (including phenoxy) is 2. The van der Waals surface area contributed by atoms with Gasteiger partial charge in [0, 0.05) is 18.0 Å². The number of methoxy groups -OCH3 is 1. The van der Waals surface area contributed by atoms with Crippen LogP contribution in [0.1, 0.15) is 0 Å². The van der Waals surface area contributed by atoms with Gasteiger partial charge in [0.05, 0.1) is 20.2 Å². The quantitative estimate of drug-likeness (QED) is 0.934. The Labute approximate surface area is 139 Å². The van der Waals surface area contributed by atoms with Crippen molar-refractivity contribution in [1.29, 1.82) is 0 Å². The summed E-state index contributed by atoms with van der Waals surface area (Å²) < 4.78 is 10.8. The Hall–Kier alpha value is -2.47. The standard InChI is InChI=1S/C16H16ClN3O3/c1-22-12-5-2-4-11(8-12)19-16(21)20-9-13(10-20)23-15-14(17)6-3-7-18-15/h2-8,13H,9-10H2,1H3,(H,19,21). The Bertz CT molecular complexity index is 704. The smallest absolute Gasteiger partial charge is 0.322 e. The minimum absolute atomic E-state index is 0.0986. The fraction of sp³-hybridized carbons (Fsp3) is 0.250. The molecule has 2 heterocycles. The van der Waals surface area contributed by atoms with Gasteiger partial charge in [0.15, 0.2) is 0 Å². The molecule has 7 heteroatoms. The first kappa shape index (κ1) is 15.4. The van der Waals surface area contributed by atoms with Crippen LogP contribution in [0, 0.1) is 0 Å². The van der Waals surface area contributed by atoms with E-state index < -0.39 is 0 Å². The number of nitrogens with one attached hydrogen (secondary N) is 1. The molecule has 23 heavy (non-hydrogen) atoms. The van der Waals surface area contributed by atoms with Crippen LogP contribution in [0.4, 0.5) is 10.5 Å². The SMILES string of the molecule is COc1cccc(NC(=O)N2CC(Oc3ncccc3Cl)C2)c1. The Balaban J connectivity index is 1.51. The largest absolute Gasteiger partial charge is 0.497 e. The molecule has 0 aliphatic carbocycles. The van der Waals surface area contributed by atoms with Crippen LogP contribution in [0.3, 0.4) is 0 Å². The zero-order valence-electron chi connectivity index (χ0n) is 12.5. The van der Waals surface area contributed by atoms with E-state index in [1.165, 1.54) is 0 Å². The van der Waals surface area contributed by atoms with Crippen LogP contribution < -0.4 is 14.8 Å². The summed E-state index contributed by atoms with van der Waals surface area (Å²) in [5.74, 6) is 1.09. The second kappa shape index (κ2) is 6.75. The highest BCUT2D eigenvalue weighted by molar-refractivity contribution is 6.31. The van der Waals surface area contributed by atoms with Crippen molar-refractivity contribution in [3.8, 4) is 11.6 Å². The number of carbonyl (C=O) groups is 1. The van der Waals surface area contributed by atoms with Gasteiger partial charge in [-0.1, -0.05) is 17.7 Å². The van der Waals surface area contributed by atoms with Crippen molar-refractivity contribution in [3.05, 3.63) is 47.6 Å². The molecule has 0 unspecified atom stereocenters. The Morgan fingerprint density at radius 3 is 2.91 bits per heavy atom. The number of carbonyl (C=O) groups excluding carboxylic acids is 1. The maximum absolute atomic E-state index is 12.1. The van der Waals surface area contributed by atoms with Gasteiger partial charge in [0.25, 0.3) is 0 Å². The number of urea groups is 1. The summed E-state index contributed by atoms with van der Waals surface area (Å²) in [5.41, 5.74) is 0.687. The lowest BCUT2D eigenvalue weighted by Crippen LogP contribution is -2.57. The van der Waals surface area contributed by atoms with Crippen LogP contribution in [0.25, 0.3) is 0 Å². The van der Waals surface area contributed by atoms with Gasteiger partial charge in [-0.2, -0.15) is 0 Å². The monoisotopic (exact) mass is 333 g/mol. The lowest BCUT2D eigenvalue weighted by Gasteiger charge is -2.38. The van der Waals surface area contributed by atoms with E-state index in [2.05, 4.69) is 10.3 Å². The third-order valence-electron chi connectivity index (χ3n) is 3.46. The van der Waals surface area contributed by atoms with E-state index >= 15 is 0 Å². The molecular weight excluding hydrogens is 318 g/mol. The third kappa shape index (κ3) is 3.65. The average Bonchev–Trinajstić information content (AvgIpc) is 2.52. The summed E-state index contributed by atoms with van der Waals surface area (Å²) in [6.45, 7) is 0.978. The van der Waals surface area contributed by atoms with E-state index in [4.69, 9.17) is 21.1 Å². The van der Waals surface area contributed by atoms with Crippen molar-refractivity contribution in [2.75, 3.05) is 25.5 Å². The first-order chi connectivity index (χ1) is 11.2. The van der Waals surface area contributed by atoms with E-state index in [0.29, 0.717) is 35.4 Å². The van der Waals surface area contributed by atoms with Gasteiger partial charge in [0.1, 0.15) is 16.9 Å². The molecule has 6 nitrogen and oxygen atoms in total. The molecule has 1 aromatic carbocycles. The van der Waals surface area contributed by atoms with Gasteiger partial charge in [0.2, 0.25) is 5.88 Å².